The number of rotatable bonds is 3. The normalized spacial score (nSPS) is 15.2. The van der Waals surface area contributed by atoms with Crippen molar-refractivity contribution in [3.05, 3.63) is 41.5 Å². The summed E-state index contributed by atoms with van der Waals surface area (Å²) in [5.41, 5.74) is 3.80. The molecule has 3 rings (SSSR count). The first kappa shape index (κ1) is 16.6. The molecule has 128 valence electrons. The number of aromatic nitrogens is 3. The predicted octanol–water partition coefficient (Wildman–Crippen LogP) is 2.28. The summed E-state index contributed by atoms with van der Waals surface area (Å²) >= 11 is 0. The van der Waals surface area contributed by atoms with Gasteiger partial charge in [-0.05, 0) is 39.8 Å². The number of hydrogen-bond acceptors (Lipinski definition) is 5. The molecule has 1 aliphatic rings. The maximum atomic E-state index is 12.0. The fraction of sp³-hybridized carbons (Fsp3) is 0.500. The lowest BCUT2D eigenvalue weighted by atomic mass is 10.1. The molecule has 0 radical (unpaired) electrons. The Morgan fingerprint density at radius 3 is 2.88 bits per heavy atom. The van der Waals surface area contributed by atoms with E-state index in [1.807, 2.05) is 50.7 Å². The molecule has 0 aromatic carbocycles. The molecule has 0 amide bonds. The summed E-state index contributed by atoms with van der Waals surface area (Å²) in [5, 5.41) is 4.68. The highest BCUT2D eigenvalue weighted by Gasteiger charge is 2.24. The largest absolute Gasteiger partial charge is 0.459 e. The molecule has 0 aliphatic carbocycles. The SMILES string of the molecule is Cc1cc(-n2cc3c(n2)CCN(CC(=O)OC(C)(C)C)C3)ccn1. The maximum absolute atomic E-state index is 12.0. The molecule has 6 nitrogen and oxygen atoms in total. The Labute approximate surface area is 142 Å². The molecule has 0 N–H and O–H groups in total. The minimum absolute atomic E-state index is 0.178. The Hall–Kier alpha value is -2.21. The second kappa shape index (κ2) is 6.36. The van der Waals surface area contributed by atoms with Crippen molar-refractivity contribution >= 4 is 5.97 Å². The quantitative estimate of drug-likeness (QED) is 0.809. The number of nitrogens with zero attached hydrogens (tertiary/aromatic N) is 4. The standard InChI is InChI=1S/C18H24N4O2/c1-13-9-15(5-7-19-13)22-11-14-10-21(8-6-16(14)20-22)12-17(23)24-18(2,3)4/h5,7,9,11H,6,8,10,12H2,1-4H3. The van der Waals surface area contributed by atoms with Crippen LogP contribution >= 0.6 is 0 Å². The van der Waals surface area contributed by atoms with Crippen molar-refractivity contribution in [3.63, 3.8) is 0 Å². The summed E-state index contributed by atoms with van der Waals surface area (Å²) in [6.07, 6.45) is 4.68. The number of carbonyl (C=O) groups excluding carboxylic acids is 1. The Morgan fingerprint density at radius 1 is 1.38 bits per heavy atom. The molecule has 0 fully saturated rings. The summed E-state index contributed by atoms with van der Waals surface area (Å²) in [7, 11) is 0. The van der Waals surface area contributed by atoms with Gasteiger partial charge in [0.15, 0.2) is 0 Å². The van der Waals surface area contributed by atoms with Crippen LogP contribution in [0.15, 0.2) is 24.5 Å². The van der Waals surface area contributed by atoms with Gasteiger partial charge in [0.25, 0.3) is 0 Å². The molecular formula is C18H24N4O2. The predicted molar refractivity (Wildman–Crippen MR) is 90.9 cm³/mol. The second-order valence-corrected chi connectivity index (χ2v) is 7.25. The van der Waals surface area contributed by atoms with Gasteiger partial charge in [0.05, 0.1) is 17.9 Å². The zero-order chi connectivity index (χ0) is 17.3. The Morgan fingerprint density at radius 2 is 2.17 bits per heavy atom. The van der Waals surface area contributed by atoms with Crippen molar-refractivity contribution in [2.45, 2.75) is 46.3 Å². The third-order valence-corrected chi connectivity index (χ3v) is 3.85. The van der Waals surface area contributed by atoms with E-state index in [0.717, 1.165) is 36.6 Å². The number of hydrogen-bond donors (Lipinski definition) is 0. The highest BCUT2D eigenvalue weighted by atomic mass is 16.6. The first-order valence-electron chi connectivity index (χ1n) is 8.25. The molecule has 0 atom stereocenters. The van der Waals surface area contributed by atoms with Crippen LogP contribution in [0.5, 0.6) is 0 Å². The Kier molecular flexibility index (Phi) is 4.41. The molecule has 2 aromatic heterocycles. The second-order valence-electron chi connectivity index (χ2n) is 7.25. The molecule has 2 aromatic rings. The fourth-order valence-electron chi connectivity index (χ4n) is 2.87. The van der Waals surface area contributed by atoms with Gasteiger partial charge >= 0.3 is 5.97 Å². The van der Waals surface area contributed by atoms with E-state index in [1.54, 1.807) is 6.20 Å². The van der Waals surface area contributed by atoms with Crippen molar-refractivity contribution in [3.8, 4) is 5.69 Å². The molecule has 0 spiro atoms. The highest BCUT2D eigenvalue weighted by Crippen LogP contribution is 2.20. The van der Waals surface area contributed by atoms with Gasteiger partial charge in [-0.1, -0.05) is 0 Å². The smallest absolute Gasteiger partial charge is 0.320 e. The van der Waals surface area contributed by atoms with E-state index in [-0.39, 0.29) is 5.97 Å². The number of fused-ring (bicyclic) bond motifs is 1. The first-order valence-corrected chi connectivity index (χ1v) is 8.25. The number of carbonyl (C=O) groups is 1. The Balaban J connectivity index is 1.69. The van der Waals surface area contributed by atoms with Crippen LogP contribution < -0.4 is 0 Å². The van der Waals surface area contributed by atoms with Crippen molar-refractivity contribution in [1.29, 1.82) is 0 Å². The van der Waals surface area contributed by atoms with E-state index in [9.17, 15) is 4.79 Å². The third kappa shape index (κ3) is 4.00. The number of aryl methyl sites for hydroxylation is 1. The number of esters is 1. The highest BCUT2D eigenvalue weighted by molar-refractivity contribution is 5.72. The fourth-order valence-corrected chi connectivity index (χ4v) is 2.87. The van der Waals surface area contributed by atoms with Crippen LogP contribution in [0.1, 0.15) is 37.7 Å². The lowest BCUT2D eigenvalue weighted by Gasteiger charge is -2.27. The van der Waals surface area contributed by atoms with Crippen LogP contribution in [0.4, 0.5) is 0 Å². The first-order chi connectivity index (χ1) is 11.3. The van der Waals surface area contributed by atoms with E-state index in [4.69, 9.17) is 4.74 Å². The molecule has 6 heteroatoms. The summed E-state index contributed by atoms with van der Waals surface area (Å²) in [6, 6.07) is 3.96. The number of pyridine rings is 1. The van der Waals surface area contributed by atoms with Gasteiger partial charge in [0, 0.05) is 43.2 Å². The van der Waals surface area contributed by atoms with E-state index in [2.05, 4.69) is 15.0 Å². The van der Waals surface area contributed by atoms with E-state index in [0.29, 0.717) is 6.54 Å². The molecule has 3 heterocycles. The molecule has 0 saturated carbocycles. The van der Waals surface area contributed by atoms with Crippen LogP contribution in [0.2, 0.25) is 0 Å². The van der Waals surface area contributed by atoms with Crippen LogP contribution in [-0.4, -0.2) is 44.3 Å². The van der Waals surface area contributed by atoms with E-state index in [1.165, 1.54) is 5.56 Å². The number of ether oxygens (including phenoxy) is 1. The van der Waals surface area contributed by atoms with Gasteiger partial charge in [0.2, 0.25) is 0 Å². The van der Waals surface area contributed by atoms with Gasteiger partial charge < -0.3 is 4.74 Å². The summed E-state index contributed by atoms with van der Waals surface area (Å²) in [5.74, 6) is -0.178. The average molecular weight is 328 g/mol. The topological polar surface area (TPSA) is 60.2 Å². The minimum Gasteiger partial charge on any atom is -0.459 e. The summed E-state index contributed by atoms with van der Waals surface area (Å²) in [6.45, 7) is 9.49. The Bertz CT molecular complexity index is 746. The lowest BCUT2D eigenvalue weighted by molar-refractivity contribution is -0.156. The van der Waals surface area contributed by atoms with Gasteiger partial charge in [-0.3, -0.25) is 14.7 Å². The zero-order valence-corrected chi connectivity index (χ0v) is 14.7. The van der Waals surface area contributed by atoms with Gasteiger partial charge in [-0.25, -0.2) is 4.68 Å². The lowest BCUT2D eigenvalue weighted by Crippen LogP contribution is -2.37. The molecule has 0 saturated heterocycles. The summed E-state index contributed by atoms with van der Waals surface area (Å²) < 4.78 is 7.31. The van der Waals surface area contributed by atoms with Crippen LogP contribution in [0.3, 0.4) is 0 Å². The zero-order valence-electron chi connectivity index (χ0n) is 14.7. The molecular weight excluding hydrogens is 304 g/mol. The molecule has 24 heavy (non-hydrogen) atoms. The monoisotopic (exact) mass is 328 g/mol. The van der Waals surface area contributed by atoms with Crippen molar-refractivity contribution in [1.82, 2.24) is 19.7 Å². The molecule has 0 bridgehead atoms. The van der Waals surface area contributed by atoms with Gasteiger partial charge in [-0.15, -0.1) is 0 Å². The van der Waals surface area contributed by atoms with E-state index >= 15 is 0 Å². The van der Waals surface area contributed by atoms with Gasteiger partial charge in [-0.2, -0.15) is 5.10 Å². The van der Waals surface area contributed by atoms with Crippen molar-refractivity contribution in [2.24, 2.45) is 0 Å². The molecule has 0 unspecified atom stereocenters. The average Bonchev–Trinajstić information content (AvgIpc) is 2.88. The van der Waals surface area contributed by atoms with E-state index < -0.39 is 5.60 Å². The minimum atomic E-state index is -0.442. The van der Waals surface area contributed by atoms with Crippen molar-refractivity contribution in [2.75, 3.05) is 13.1 Å². The van der Waals surface area contributed by atoms with Crippen LogP contribution in [0.25, 0.3) is 5.69 Å². The van der Waals surface area contributed by atoms with Crippen LogP contribution in [0, 0.1) is 6.92 Å². The summed E-state index contributed by atoms with van der Waals surface area (Å²) in [4.78, 5) is 18.3. The maximum Gasteiger partial charge on any atom is 0.320 e. The molecule has 1 aliphatic heterocycles. The van der Waals surface area contributed by atoms with Crippen LogP contribution in [-0.2, 0) is 22.5 Å². The third-order valence-electron chi connectivity index (χ3n) is 3.85. The van der Waals surface area contributed by atoms with Crippen molar-refractivity contribution < 1.29 is 9.53 Å². The van der Waals surface area contributed by atoms with Gasteiger partial charge in [0.1, 0.15) is 5.60 Å².